The first-order chi connectivity index (χ1) is 7.38. The van der Waals surface area contributed by atoms with E-state index in [1.807, 2.05) is 6.92 Å². The summed E-state index contributed by atoms with van der Waals surface area (Å²) in [6.45, 7) is 2.69. The number of hydrogen-bond acceptors (Lipinski definition) is 5. The fraction of sp³-hybridized carbons (Fsp3) is 0.444. The summed E-state index contributed by atoms with van der Waals surface area (Å²) >= 11 is 0. The van der Waals surface area contributed by atoms with Crippen LogP contribution in [0.5, 0.6) is 0 Å². The quantitative estimate of drug-likeness (QED) is 0.630. The predicted octanol–water partition coefficient (Wildman–Crippen LogP) is -0.0667. The fourth-order valence-corrected chi connectivity index (χ4v) is 1.67. The van der Waals surface area contributed by atoms with E-state index in [0.29, 0.717) is 24.6 Å². The van der Waals surface area contributed by atoms with E-state index in [4.69, 9.17) is 5.73 Å². The van der Waals surface area contributed by atoms with Crippen LogP contribution in [0.3, 0.4) is 0 Å². The molecular weight excluding hydrogens is 228 g/mol. The average Bonchev–Trinajstić information content (AvgIpc) is 2.13. The topological polar surface area (TPSA) is 97.1 Å². The number of sulfonamides is 1. The number of aromatic nitrogens is 1. The van der Waals surface area contributed by atoms with Crippen LogP contribution in [-0.4, -0.2) is 32.7 Å². The molecule has 1 rings (SSSR count). The van der Waals surface area contributed by atoms with E-state index in [1.165, 1.54) is 0 Å². The van der Waals surface area contributed by atoms with Gasteiger partial charge in [-0.3, -0.25) is 0 Å². The molecule has 0 bridgehead atoms. The summed E-state index contributed by atoms with van der Waals surface area (Å²) in [7, 11) is -3.13. The smallest absolute Gasteiger partial charge is 0.208 e. The van der Waals surface area contributed by atoms with Gasteiger partial charge in [-0.15, -0.1) is 0 Å². The number of anilines is 2. The van der Waals surface area contributed by atoms with Crippen molar-refractivity contribution in [3.8, 4) is 0 Å². The molecule has 0 saturated heterocycles. The van der Waals surface area contributed by atoms with Gasteiger partial charge in [-0.25, -0.2) is 18.1 Å². The van der Waals surface area contributed by atoms with E-state index < -0.39 is 10.0 Å². The molecule has 0 unspecified atom stereocenters. The minimum Gasteiger partial charge on any atom is -0.397 e. The molecule has 0 amide bonds. The molecule has 4 N–H and O–H groups in total. The third-order valence-corrected chi connectivity index (χ3v) is 2.61. The molecule has 1 aromatic rings. The van der Waals surface area contributed by atoms with Crippen LogP contribution in [0.1, 0.15) is 5.56 Å². The van der Waals surface area contributed by atoms with Crippen LogP contribution < -0.4 is 15.8 Å². The third-order valence-electron chi connectivity index (χ3n) is 1.88. The summed E-state index contributed by atoms with van der Waals surface area (Å²) in [6, 6.07) is 1.80. The Morgan fingerprint density at radius 1 is 1.44 bits per heavy atom. The molecule has 0 atom stereocenters. The van der Waals surface area contributed by atoms with Crippen LogP contribution in [0, 0.1) is 6.92 Å². The second-order valence-corrected chi connectivity index (χ2v) is 5.36. The number of nitrogens with two attached hydrogens (primary N) is 1. The van der Waals surface area contributed by atoms with E-state index in [9.17, 15) is 8.42 Å². The first-order valence-corrected chi connectivity index (χ1v) is 6.68. The Morgan fingerprint density at radius 3 is 2.69 bits per heavy atom. The molecule has 0 spiro atoms. The molecule has 0 aliphatic heterocycles. The molecule has 7 heteroatoms. The van der Waals surface area contributed by atoms with Gasteiger partial charge in [0.05, 0.1) is 18.1 Å². The lowest BCUT2D eigenvalue weighted by molar-refractivity contribution is 0.589. The lowest BCUT2D eigenvalue weighted by Gasteiger charge is -2.08. The fourth-order valence-electron chi connectivity index (χ4n) is 1.20. The summed E-state index contributed by atoms with van der Waals surface area (Å²) < 4.78 is 23.9. The van der Waals surface area contributed by atoms with Crippen molar-refractivity contribution in [2.45, 2.75) is 6.92 Å². The standard InChI is InChI=1S/C9H16N4O2S/c1-7-5-8(10)6-12-9(7)11-3-4-13-16(2,14)15/h5-6,13H,3-4,10H2,1-2H3,(H,11,12). The molecule has 0 radical (unpaired) electrons. The zero-order valence-electron chi connectivity index (χ0n) is 9.32. The zero-order chi connectivity index (χ0) is 12.2. The number of rotatable bonds is 5. The van der Waals surface area contributed by atoms with E-state index in [0.717, 1.165) is 11.8 Å². The predicted molar refractivity (Wildman–Crippen MR) is 64.7 cm³/mol. The highest BCUT2D eigenvalue weighted by Crippen LogP contribution is 2.12. The van der Waals surface area contributed by atoms with Crippen molar-refractivity contribution in [3.05, 3.63) is 17.8 Å². The van der Waals surface area contributed by atoms with Gasteiger partial charge in [0.15, 0.2) is 0 Å². The van der Waals surface area contributed by atoms with E-state index >= 15 is 0 Å². The first-order valence-electron chi connectivity index (χ1n) is 4.79. The minimum absolute atomic E-state index is 0.324. The molecule has 16 heavy (non-hydrogen) atoms. The van der Waals surface area contributed by atoms with Gasteiger partial charge in [0.25, 0.3) is 0 Å². The van der Waals surface area contributed by atoms with Crippen LogP contribution in [0.4, 0.5) is 11.5 Å². The molecule has 90 valence electrons. The molecule has 1 heterocycles. The molecule has 0 saturated carbocycles. The monoisotopic (exact) mass is 244 g/mol. The van der Waals surface area contributed by atoms with Gasteiger partial charge < -0.3 is 11.1 Å². The number of aryl methyl sites for hydroxylation is 1. The van der Waals surface area contributed by atoms with Crippen molar-refractivity contribution in [2.75, 3.05) is 30.4 Å². The van der Waals surface area contributed by atoms with Crippen LogP contribution >= 0.6 is 0 Å². The first kappa shape index (κ1) is 12.7. The number of pyridine rings is 1. The van der Waals surface area contributed by atoms with E-state index in [1.54, 1.807) is 12.3 Å². The number of hydrogen-bond donors (Lipinski definition) is 3. The van der Waals surface area contributed by atoms with E-state index in [2.05, 4.69) is 15.0 Å². The Morgan fingerprint density at radius 2 is 2.12 bits per heavy atom. The van der Waals surface area contributed by atoms with Crippen LogP contribution in [-0.2, 0) is 10.0 Å². The summed E-state index contributed by atoms with van der Waals surface area (Å²) in [4.78, 5) is 4.10. The molecule has 0 fully saturated rings. The van der Waals surface area contributed by atoms with Gasteiger partial charge in [0.1, 0.15) is 5.82 Å². The third kappa shape index (κ3) is 4.45. The lowest BCUT2D eigenvalue weighted by atomic mass is 10.2. The molecule has 1 aromatic heterocycles. The maximum absolute atomic E-state index is 10.8. The Hall–Kier alpha value is -1.34. The van der Waals surface area contributed by atoms with Gasteiger partial charge in [-0.05, 0) is 18.6 Å². The van der Waals surface area contributed by atoms with E-state index in [-0.39, 0.29) is 0 Å². The van der Waals surface area contributed by atoms with Gasteiger partial charge in [-0.1, -0.05) is 0 Å². The summed E-state index contributed by atoms with van der Waals surface area (Å²) in [5.41, 5.74) is 7.10. The summed E-state index contributed by atoms with van der Waals surface area (Å²) in [5.74, 6) is 0.713. The second kappa shape index (κ2) is 5.13. The molecule has 0 aromatic carbocycles. The van der Waals surface area contributed by atoms with Crippen molar-refractivity contribution in [1.82, 2.24) is 9.71 Å². The zero-order valence-corrected chi connectivity index (χ0v) is 10.1. The maximum Gasteiger partial charge on any atom is 0.208 e. The normalized spacial score (nSPS) is 11.4. The lowest BCUT2D eigenvalue weighted by Crippen LogP contribution is -2.27. The average molecular weight is 244 g/mol. The highest BCUT2D eigenvalue weighted by atomic mass is 32.2. The minimum atomic E-state index is -3.13. The summed E-state index contributed by atoms with van der Waals surface area (Å²) in [6.07, 6.45) is 2.68. The summed E-state index contributed by atoms with van der Waals surface area (Å²) in [5, 5.41) is 3.02. The second-order valence-electron chi connectivity index (χ2n) is 3.53. The number of nitrogen functional groups attached to an aromatic ring is 1. The Kier molecular flexibility index (Phi) is 4.08. The largest absolute Gasteiger partial charge is 0.397 e. The van der Waals surface area contributed by atoms with Crippen molar-refractivity contribution in [3.63, 3.8) is 0 Å². The van der Waals surface area contributed by atoms with Gasteiger partial charge >= 0.3 is 0 Å². The van der Waals surface area contributed by atoms with Crippen molar-refractivity contribution < 1.29 is 8.42 Å². The molecule has 0 aliphatic carbocycles. The van der Waals surface area contributed by atoms with Crippen molar-refractivity contribution in [1.29, 1.82) is 0 Å². The van der Waals surface area contributed by atoms with Crippen LogP contribution in [0.15, 0.2) is 12.3 Å². The SMILES string of the molecule is Cc1cc(N)cnc1NCCNS(C)(=O)=O. The molecular formula is C9H16N4O2S. The van der Waals surface area contributed by atoms with Crippen LogP contribution in [0.25, 0.3) is 0 Å². The van der Waals surface area contributed by atoms with Gasteiger partial charge in [0, 0.05) is 13.1 Å². The van der Waals surface area contributed by atoms with Gasteiger partial charge in [-0.2, -0.15) is 0 Å². The van der Waals surface area contributed by atoms with Crippen molar-refractivity contribution >= 4 is 21.5 Å². The Balaban J connectivity index is 2.43. The van der Waals surface area contributed by atoms with Gasteiger partial charge in [0.2, 0.25) is 10.0 Å². The highest BCUT2D eigenvalue weighted by Gasteiger charge is 2.01. The number of nitrogens with zero attached hydrogens (tertiary/aromatic N) is 1. The van der Waals surface area contributed by atoms with Crippen LogP contribution in [0.2, 0.25) is 0 Å². The Labute approximate surface area is 95.3 Å². The molecule has 0 aliphatic rings. The van der Waals surface area contributed by atoms with Crippen molar-refractivity contribution in [2.24, 2.45) is 0 Å². The molecule has 6 nitrogen and oxygen atoms in total. The highest BCUT2D eigenvalue weighted by molar-refractivity contribution is 7.88. The maximum atomic E-state index is 10.8. The Bertz CT molecular complexity index is 459. The number of nitrogens with one attached hydrogen (secondary N) is 2.